The van der Waals surface area contributed by atoms with Crippen molar-refractivity contribution in [2.75, 3.05) is 18.4 Å². The van der Waals surface area contributed by atoms with E-state index in [4.69, 9.17) is 0 Å². The van der Waals surface area contributed by atoms with Gasteiger partial charge in [-0.1, -0.05) is 0 Å². The van der Waals surface area contributed by atoms with E-state index in [1.165, 1.54) is 0 Å². The summed E-state index contributed by atoms with van der Waals surface area (Å²) in [4.78, 5) is 21.4. The maximum Gasteiger partial charge on any atom is 0.219 e. The molecule has 17 heavy (non-hydrogen) atoms. The zero-order chi connectivity index (χ0) is 12.3. The third-order valence-electron chi connectivity index (χ3n) is 3.02. The predicted octanol–water partition coefficient (Wildman–Crippen LogP) is 1.21. The highest BCUT2D eigenvalue weighted by molar-refractivity contribution is 5.73. The lowest BCUT2D eigenvalue weighted by molar-refractivity contribution is -0.129. The normalized spacial score (nSPS) is 20.1. The summed E-state index contributed by atoms with van der Waals surface area (Å²) in [6.07, 6.45) is 3.68. The van der Waals surface area contributed by atoms with Crippen LogP contribution in [0.4, 0.5) is 5.82 Å². The van der Waals surface area contributed by atoms with Gasteiger partial charge in [-0.05, 0) is 19.8 Å². The molecular formula is C12H18N4O. The number of rotatable bonds is 2. The van der Waals surface area contributed by atoms with E-state index in [0.717, 1.165) is 37.4 Å². The Labute approximate surface area is 101 Å². The number of aryl methyl sites for hydroxylation is 1. The molecule has 0 aromatic carbocycles. The van der Waals surface area contributed by atoms with E-state index in [0.29, 0.717) is 6.04 Å². The van der Waals surface area contributed by atoms with Gasteiger partial charge in [0, 0.05) is 37.8 Å². The maximum atomic E-state index is 11.3. The summed E-state index contributed by atoms with van der Waals surface area (Å²) >= 11 is 0. The average Bonchev–Trinajstić information content (AvgIpc) is 2.29. The molecule has 5 heteroatoms. The number of carbonyl (C=O) groups is 1. The summed E-state index contributed by atoms with van der Waals surface area (Å²) in [5.74, 6) is 0.989. The molecule has 1 aliphatic heterocycles. The summed E-state index contributed by atoms with van der Waals surface area (Å²) in [6.45, 7) is 5.20. The molecule has 5 nitrogen and oxygen atoms in total. The number of piperidine rings is 1. The van der Waals surface area contributed by atoms with Gasteiger partial charge >= 0.3 is 0 Å². The molecule has 1 saturated heterocycles. The van der Waals surface area contributed by atoms with E-state index < -0.39 is 0 Å². The van der Waals surface area contributed by atoms with Crippen molar-refractivity contribution in [3.8, 4) is 0 Å². The molecule has 0 unspecified atom stereocenters. The topological polar surface area (TPSA) is 58.1 Å². The molecule has 1 fully saturated rings. The molecular weight excluding hydrogens is 216 g/mol. The van der Waals surface area contributed by atoms with Gasteiger partial charge in [-0.2, -0.15) is 0 Å². The fourth-order valence-electron chi connectivity index (χ4n) is 2.12. The molecule has 1 amide bonds. The van der Waals surface area contributed by atoms with Crippen molar-refractivity contribution in [3.05, 3.63) is 18.1 Å². The predicted molar refractivity (Wildman–Crippen MR) is 65.7 cm³/mol. The van der Waals surface area contributed by atoms with Crippen LogP contribution in [0.3, 0.4) is 0 Å². The Morgan fingerprint density at radius 1 is 1.53 bits per heavy atom. The minimum absolute atomic E-state index is 0.148. The molecule has 0 bridgehead atoms. The Bertz CT molecular complexity index is 407. The van der Waals surface area contributed by atoms with Gasteiger partial charge in [0.25, 0.3) is 0 Å². The van der Waals surface area contributed by atoms with Gasteiger partial charge in [0.1, 0.15) is 12.1 Å². The highest BCUT2D eigenvalue weighted by Gasteiger charge is 2.21. The Kier molecular flexibility index (Phi) is 3.56. The summed E-state index contributed by atoms with van der Waals surface area (Å²) in [5.41, 5.74) is 0.946. The van der Waals surface area contributed by atoms with Crippen molar-refractivity contribution < 1.29 is 4.79 Å². The first-order valence-electron chi connectivity index (χ1n) is 5.96. The highest BCUT2D eigenvalue weighted by atomic mass is 16.2. The summed E-state index contributed by atoms with van der Waals surface area (Å²) in [7, 11) is 0. The Hall–Kier alpha value is -1.65. The molecule has 92 valence electrons. The van der Waals surface area contributed by atoms with Gasteiger partial charge in [-0.15, -0.1) is 0 Å². The average molecular weight is 234 g/mol. The van der Waals surface area contributed by atoms with Crippen LogP contribution in [0.5, 0.6) is 0 Å². The molecule has 2 heterocycles. The zero-order valence-electron chi connectivity index (χ0n) is 10.3. The second-order valence-electron chi connectivity index (χ2n) is 4.49. The minimum Gasteiger partial charge on any atom is -0.365 e. The lowest BCUT2D eigenvalue weighted by Crippen LogP contribution is -2.44. The monoisotopic (exact) mass is 234 g/mol. The van der Waals surface area contributed by atoms with Crippen LogP contribution in [0.2, 0.25) is 0 Å². The van der Waals surface area contributed by atoms with Crippen molar-refractivity contribution in [1.82, 2.24) is 14.9 Å². The van der Waals surface area contributed by atoms with Crippen molar-refractivity contribution in [2.24, 2.45) is 0 Å². The maximum absolute atomic E-state index is 11.3. The van der Waals surface area contributed by atoms with Crippen LogP contribution in [0.15, 0.2) is 12.4 Å². The summed E-state index contributed by atoms with van der Waals surface area (Å²) in [5, 5.41) is 3.36. The number of carbonyl (C=O) groups excluding carboxylic acids is 1. The third kappa shape index (κ3) is 3.15. The van der Waals surface area contributed by atoms with Gasteiger partial charge in [0.05, 0.1) is 0 Å². The first kappa shape index (κ1) is 11.8. The van der Waals surface area contributed by atoms with E-state index in [2.05, 4.69) is 15.3 Å². The molecule has 0 aliphatic carbocycles. The SMILES string of the molecule is CC(=O)N1CCC[C@H](Nc2cc(C)ncn2)C1. The first-order valence-corrected chi connectivity index (χ1v) is 5.96. The Morgan fingerprint density at radius 2 is 2.35 bits per heavy atom. The van der Waals surface area contributed by atoms with Crippen molar-refractivity contribution in [3.63, 3.8) is 0 Å². The van der Waals surface area contributed by atoms with Crippen LogP contribution < -0.4 is 5.32 Å². The smallest absolute Gasteiger partial charge is 0.219 e. The fraction of sp³-hybridized carbons (Fsp3) is 0.583. The van der Waals surface area contributed by atoms with Crippen LogP contribution in [0.25, 0.3) is 0 Å². The van der Waals surface area contributed by atoms with Gasteiger partial charge in [0.2, 0.25) is 5.91 Å². The molecule has 1 aromatic rings. The van der Waals surface area contributed by atoms with E-state index >= 15 is 0 Å². The zero-order valence-corrected chi connectivity index (χ0v) is 10.3. The standard InChI is InChI=1S/C12H18N4O/c1-9-6-12(14-8-13-9)15-11-4-3-5-16(7-11)10(2)17/h6,8,11H,3-5,7H2,1-2H3,(H,13,14,15)/t11-/m0/s1. The van der Waals surface area contributed by atoms with E-state index in [1.807, 2.05) is 17.9 Å². The van der Waals surface area contributed by atoms with Crippen molar-refractivity contribution >= 4 is 11.7 Å². The molecule has 1 aromatic heterocycles. The van der Waals surface area contributed by atoms with Crippen LogP contribution in [-0.4, -0.2) is 39.9 Å². The molecule has 0 radical (unpaired) electrons. The summed E-state index contributed by atoms with van der Waals surface area (Å²) < 4.78 is 0. The largest absolute Gasteiger partial charge is 0.365 e. The number of amides is 1. The van der Waals surface area contributed by atoms with Crippen LogP contribution >= 0.6 is 0 Å². The first-order chi connectivity index (χ1) is 8.15. The quantitative estimate of drug-likeness (QED) is 0.835. The number of nitrogens with one attached hydrogen (secondary N) is 1. The van der Waals surface area contributed by atoms with Gasteiger partial charge in [-0.25, -0.2) is 9.97 Å². The second kappa shape index (κ2) is 5.12. The van der Waals surface area contributed by atoms with Crippen molar-refractivity contribution in [1.29, 1.82) is 0 Å². The number of hydrogen-bond acceptors (Lipinski definition) is 4. The fourth-order valence-corrected chi connectivity index (χ4v) is 2.12. The number of anilines is 1. The molecule has 0 saturated carbocycles. The lowest BCUT2D eigenvalue weighted by atomic mass is 10.1. The highest BCUT2D eigenvalue weighted by Crippen LogP contribution is 2.14. The van der Waals surface area contributed by atoms with E-state index in [-0.39, 0.29) is 5.91 Å². The third-order valence-corrected chi connectivity index (χ3v) is 3.02. The lowest BCUT2D eigenvalue weighted by Gasteiger charge is -2.32. The molecule has 0 spiro atoms. The minimum atomic E-state index is 0.148. The number of nitrogens with zero attached hydrogens (tertiary/aromatic N) is 3. The summed E-state index contributed by atoms with van der Waals surface area (Å²) in [6, 6.07) is 2.22. The second-order valence-corrected chi connectivity index (χ2v) is 4.49. The number of hydrogen-bond donors (Lipinski definition) is 1. The van der Waals surface area contributed by atoms with Crippen molar-refractivity contribution in [2.45, 2.75) is 32.7 Å². The molecule has 1 aliphatic rings. The van der Waals surface area contributed by atoms with Gasteiger partial charge < -0.3 is 10.2 Å². The Morgan fingerprint density at radius 3 is 3.06 bits per heavy atom. The number of aromatic nitrogens is 2. The van der Waals surface area contributed by atoms with Gasteiger partial charge in [0.15, 0.2) is 0 Å². The van der Waals surface area contributed by atoms with E-state index in [1.54, 1.807) is 13.3 Å². The van der Waals surface area contributed by atoms with Crippen LogP contribution in [-0.2, 0) is 4.79 Å². The molecule has 2 rings (SSSR count). The van der Waals surface area contributed by atoms with Crippen LogP contribution in [0.1, 0.15) is 25.5 Å². The molecule has 1 atom stereocenters. The molecule has 1 N–H and O–H groups in total. The Balaban J connectivity index is 1.97. The number of likely N-dealkylation sites (tertiary alicyclic amines) is 1. The van der Waals surface area contributed by atoms with Gasteiger partial charge in [-0.3, -0.25) is 4.79 Å². The van der Waals surface area contributed by atoms with Crippen LogP contribution in [0, 0.1) is 6.92 Å². The van der Waals surface area contributed by atoms with E-state index in [9.17, 15) is 4.79 Å².